The van der Waals surface area contributed by atoms with Crippen LogP contribution in [0.4, 0.5) is 0 Å². The maximum absolute atomic E-state index is 13.3. The summed E-state index contributed by atoms with van der Waals surface area (Å²) in [7, 11) is 5.51. The van der Waals surface area contributed by atoms with E-state index in [-0.39, 0.29) is 18.9 Å². The van der Waals surface area contributed by atoms with Crippen molar-refractivity contribution in [3.05, 3.63) is 82.0 Å². The number of nitrogens with zero attached hydrogens (tertiary/aromatic N) is 3. The first-order valence-corrected chi connectivity index (χ1v) is 14.1. The van der Waals surface area contributed by atoms with Crippen molar-refractivity contribution < 1.29 is 23.8 Å². The molecule has 0 saturated carbocycles. The summed E-state index contributed by atoms with van der Waals surface area (Å²) in [5, 5.41) is 5.60. The summed E-state index contributed by atoms with van der Waals surface area (Å²) >= 11 is 1.44. The second-order valence-electron chi connectivity index (χ2n) is 9.63. The fourth-order valence-corrected chi connectivity index (χ4v) is 5.47. The second kappa shape index (κ2) is 13.5. The maximum Gasteiger partial charge on any atom is 0.338 e. The summed E-state index contributed by atoms with van der Waals surface area (Å²) in [6, 6.07) is 15.0. The number of aliphatic imine (C=N–C) groups is 1. The van der Waals surface area contributed by atoms with E-state index in [1.807, 2.05) is 84.8 Å². The van der Waals surface area contributed by atoms with Gasteiger partial charge in [0.1, 0.15) is 6.61 Å². The molecule has 2 heterocycles. The molecule has 4 rings (SSSR count). The number of amidine groups is 1. The Hall–Kier alpha value is -3.76. The number of hydrogen-bond donors (Lipinski definition) is 1. The maximum atomic E-state index is 13.3. The molecule has 0 saturated heterocycles. The average Bonchev–Trinajstić information content (AvgIpc) is 3.33. The molecule has 0 unspecified atom stereocenters. The number of methoxy groups -OCH3 is 1. The van der Waals surface area contributed by atoms with E-state index in [9.17, 15) is 9.59 Å². The Morgan fingerprint density at radius 1 is 1.12 bits per heavy atom. The zero-order chi connectivity index (χ0) is 28.6. The molecule has 2 aromatic carbocycles. The largest absolute Gasteiger partial charge is 0.493 e. The van der Waals surface area contributed by atoms with Gasteiger partial charge in [0.2, 0.25) is 5.91 Å². The van der Waals surface area contributed by atoms with Gasteiger partial charge in [0.05, 0.1) is 37.4 Å². The van der Waals surface area contributed by atoms with Gasteiger partial charge in [0.25, 0.3) is 0 Å². The number of amides is 1. The molecule has 0 spiro atoms. The monoisotopic (exact) mass is 564 g/mol. The molecular formula is C30H36N4O5S. The van der Waals surface area contributed by atoms with Crippen LogP contribution in [0, 0.1) is 0 Å². The van der Waals surface area contributed by atoms with Gasteiger partial charge in [-0.05, 0) is 56.6 Å². The fraction of sp³-hybridized carbons (Fsp3) is 0.367. The Morgan fingerprint density at radius 3 is 2.60 bits per heavy atom. The normalized spacial score (nSPS) is 16.4. The summed E-state index contributed by atoms with van der Waals surface area (Å²) in [6.07, 6.45) is 0.153. The molecule has 0 radical (unpaired) electrons. The number of esters is 1. The Morgan fingerprint density at radius 2 is 1.90 bits per heavy atom. The summed E-state index contributed by atoms with van der Waals surface area (Å²) in [5.74, 6) is 0.588. The smallest absolute Gasteiger partial charge is 0.338 e. The van der Waals surface area contributed by atoms with E-state index >= 15 is 0 Å². The van der Waals surface area contributed by atoms with E-state index in [4.69, 9.17) is 19.2 Å². The van der Waals surface area contributed by atoms with Gasteiger partial charge in [-0.25, -0.2) is 9.79 Å². The number of carbonyl (C=O) groups excluding carboxylic acids is 2. The number of thioether (sulfide) groups is 1. The van der Waals surface area contributed by atoms with Gasteiger partial charge in [0, 0.05) is 18.8 Å². The Kier molecular flexibility index (Phi) is 9.89. The predicted octanol–water partition coefficient (Wildman–Crippen LogP) is 4.48. The molecule has 0 aliphatic carbocycles. The molecule has 2 aliphatic rings. The van der Waals surface area contributed by atoms with Crippen LogP contribution in [0.15, 0.2) is 75.9 Å². The van der Waals surface area contributed by atoms with Crippen molar-refractivity contribution in [3.63, 3.8) is 0 Å². The quantitative estimate of drug-likeness (QED) is 0.378. The van der Waals surface area contributed by atoms with Gasteiger partial charge in [-0.1, -0.05) is 48.2 Å². The lowest BCUT2D eigenvalue weighted by Crippen LogP contribution is -2.38. The van der Waals surface area contributed by atoms with Gasteiger partial charge < -0.3 is 29.3 Å². The van der Waals surface area contributed by atoms with Crippen molar-refractivity contribution in [3.8, 4) is 11.5 Å². The highest BCUT2D eigenvalue weighted by atomic mass is 32.2. The van der Waals surface area contributed by atoms with Gasteiger partial charge in [-0.3, -0.25) is 4.79 Å². The Balaban J connectivity index is 1.65. The molecule has 1 amide bonds. The lowest BCUT2D eigenvalue weighted by atomic mass is 9.93. The highest BCUT2D eigenvalue weighted by molar-refractivity contribution is 8.16. The number of fused-ring (bicyclic) bond motifs is 1. The third-order valence-electron chi connectivity index (χ3n) is 6.46. The topological polar surface area (TPSA) is 92.7 Å². The number of rotatable bonds is 12. The highest BCUT2D eigenvalue weighted by Gasteiger charge is 2.41. The first kappa shape index (κ1) is 29.2. The number of likely N-dealkylation sites (N-methyl/N-ethyl adjacent to an activating group) is 1. The molecular weight excluding hydrogens is 528 g/mol. The fourth-order valence-electron chi connectivity index (χ4n) is 4.51. The number of nitrogens with one attached hydrogen (secondary N) is 1. The van der Waals surface area contributed by atoms with E-state index in [2.05, 4.69) is 5.32 Å². The minimum atomic E-state index is -0.556. The molecule has 10 heteroatoms. The standard InChI is InChI=1S/C30H36N4O5S/c1-6-38-29(36)27-20(2)32-30-34(23(19-40-30)17-26(35)31-14-15-33(3)4)28(27)22-12-13-24(25(16-22)37-5)39-18-21-10-8-7-9-11-21/h7-13,16,19,28H,6,14-15,17-18H2,1-5H3,(H,31,35)/t28-/m1/s1. The minimum Gasteiger partial charge on any atom is -0.493 e. The molecule has 2 aliphatic heterocycles. The summed E-state index contributed by atoms with van der Waals surface area (Å²) < 4.78 is 17.2. The minimum absolute atomic E-state index is 0.0973. The SMILES string of the molecule is CCOC(=O)C1=C(C)N=C2SC=C(CC(=O)NCCN(C)C)N2[C@@H]1c1ccc(OCc2ccccc2)c(OC)c1. The average molecular weight is 565 g/mol. The Bertz CT molecular complexity index is 1320. The molecule has 1 N–H and O–H groups in total. The number of allylic oxidation sites excluding steroid dienone is 1. The number of carbonyl (C=O) groups is 2. The van der Waals surface area contributed by atoms with E-state index in [0.717, 1.165) is 23.4 Å². The lowest BCUT2D eigenvalue weighted by molar-refractivity contribution is -0.139. The van der Waals surface area contributed by atoms with Gasteiger partial charge >= 0.3 is 5.97 Å². The molecule has 2 aromatic rings. The molecule has 1 atom stereocenters. The van der Waals surface area contributed by atoms with Gasteiger partial charge in [-0.2, -0.15) is 0 Å². The van der Waals surface area contributed by atoms with Crippen LogP contribution in [0.3, 0.4) is 0 Å². The lowest BCUT2D eigenvalue weighted by Gasteiger charge is -2.36. The summed E-state index contributed by atoms with van der Waals surface area (Å²) in [4.78, 5) is 34.8. The van der Waals surface area contributed by atoms with E-state index in [0.29, 0.717) is 41.1 Å². The van der Waals surface area contributed by atoms with Crippen molar-refractivity contribution >= 4 is 28.8 Å². The van der Waals surface area contributed by atoms with Crippen LogP contribution in [0.5, 0.6) is 11.5 Å². The zero-order valence-corrected chi connectivity index (χ0v) is 24.4. The van der Waals surface area contributed by atoms with Crippen molar-refractivity contribution in [2.45, 2.75) is 32.9 Å². The van der Waals surface area contributed by atoms with Gasteiger partial charge in [0.15, 0.2) is 16.7 Å². The number of hydrogen-bond acceptors (Lipinski definition) is 9. The number of ether oxygens (including phenoxy) is 3. The van der Waals surface area contributed by atoms with Crippen molar-refractivity contribution in [2.75, 3.05) is 40.9 Å². The zero-order valence-electron chi connectivity index (χ0n) is 23.6. The molecule has 9 nitrogen and oxygen atoms in total. The van der Waals surface area contributed by atoms with Crippen LogP contribution >= 0.6 is 11.8 Å². The van der Waals surface area contributed by atoms with Crippen LogP contribution in [-0.2, 0) is 20.9 Å². The van der Waals surface area contributed by atoms with Crippen molar-refractivity contribution in [2.24, 2.45) is 4.99 Å². The van der Waals surface area contributed by atoms with Gasteiger partial charge in [-0.15, -0.1) is 0 Å². The second-order valence-corrected chi connectivity index (χ2v) is 10.5. The predicted molar refractivity (Wildman–Crippen MR) is 157 cm³/mol. The van der Waals surface area contributed by atoms with Crippen LogP contribution in [0.1, 0.15) is 37.4 Å². The van der Waals surface area contributed by atoms with E-state index in [1.54, 1.807) is 14.0 Å². The highest BCUT2D eigenvalue weighted by Crippen LogP contribution is 2.46. The summed E-state index contributed by atoms with van der Waals surface area (Å²) in [5.41, 5.74) is 3.59. The third-order valence-corrected chi connectivity index (χ3v) is 7.35. The van der Waals surface area contributed by atoms with E-state index in [1.165, 1.54) is 11.8 Å². The Labute approximate surface area is 239 Å². The first-order valence-electron chi connectivity index (χ1n) is 13.2. The van der Waals surface area contributed by atoms with Crippen LogP contribution < -0.4 is 14.8 Å². The molecule has 0 bridgehead atoms. The van der Waals surface area contributed by atoms with Crippen LogP contribution in [0.25, 0.3) is 0 Å². The van der Waals surface area contributed by atoms with Crippen molar-refractivity contribution in [1.82, 2.24) is 15.1 Å². The van der Waals surface area contributed by atoms with Crippen LogP contribution in [0.2, 0.25) is 0 Å². The molecule has 0 fully saturated rings. The third kappa shape index (κ3) is 6.86. The summed E-state index contributed by atoms with van der Waals surface area (Å²) in [6.45, 7) is 5.50. The molecule has 40 heavy (non-hydrogen) atoms. The van der Waals surface area contributed by atoms with Crippen LogP contribution in [-0.4, -0.2) is 67.7 Å². The van der Waals surface area contributed by atoms with Crippen molar-refractivity contribution in [1.29, 1.82) is 0 Å². The van der Waals surface area contributed by atoms with E-state index < -0.39 is 12.0 Å². The first-order chi connectivity index (χ1) is 19.3. The molecule has 0 aromatic heterocycles. The molecule has 212 valence electrons. The number of benzene rings is 2.